The van der Waals surface area contributed by atoms with Gasteiger partial charge in [-0.15, -0.1) is 0 Å². The number of carbonyl (C=O) groups is 3. The Bertz CT molecular complexity index is 1050. The third-order valence-corrected chi connectivity index (χ3v) is 6.43. The molecular weight excluding hydrogens is 432 g/mol. The van der Waals surface area contributed by atoms with Gasteiger partial charge in [0.25, 0.3) is 5.91 Å². The van der Waals surface area contributed by atoms with E-state index in [9.17, 15) is 14.4 Å². The molecule has 0 unspecified atom stereocenters. The second-order valence-corrected chi connectivity index (χ2v) is 9.00. The van der Waals surface area contributed by atoms with Gasteiger partial charge in [0.2, 0.25) is 5.91 Å². The van der Waals surface area contributed by atoms with Crippen LogP contribution in [0.2, 0.25) is 0 Å². The molecule has 1 heterocycles. The van der Waals surface area contributed by atoms with Crippen LogP contribution in [-0.2, 0) is 9.59 Å². The van der Waals surface area contributed by atoms with Gasteiger partial charge in [0, 0.05) is 24.6 Å². The molecule has 4 rings (SSSR count). The van der Waals surface area contributed by atoms with Crippen molar-refractivity contribution in [2.24, 2.45) is 0 Å². The normalized spacial score (nSPS) is 15.9. The highest BCUT2D eigenvalue weighted by molar-refractivity contribution is 6.02. The molecule has 0 bridgehead atoms. The van der Waals surface area contributed by atoms with E-state index in [0.717, 1.165) is 18.4 Å². The Balaban J connectivity index is 1.36. The number of carbonyl (C=O) groups excluding carboxylic acids is 3. The van der Waals surface area contributed by atoms with Crippen LogP contribution in [-0.4, -0.2) is 43.4 Å². The van der Waals surface area contributed by atoms with Crippen LogP contribution in [0.25, 0.3) is 0 Å². The Labute approximate surface area is 200 Å². The van der Waals surface area contributed by atoms with Gasteiger partial charge >= 0.3 is 0 Å². The zero-order chi connectivity index (χ0) is 23.9. The molecular formula is C27H32N2O5. The Hall–Kier alpha value is -3.35. The Morgan fingerprint density at radius 3 is 2.71 bits per heavy atom. The molecule has 0 spiro atoms. The van der Waals surface area contributed by atoms with Crippen molar-refractivity contribution in [2.75, 3.05) is 24.7 Å². The predicted octanol–water partition coefficient (Wildman–Crippen LogP) is 4.21. The highest BCUT2D eigenvalue weighted by Crippen LogP contribution is 2.33. The minimum Gasteiger partial charge on any atom is -0.485 e. The van der Waals surface area contributed by atoms with Crippen molar-refractivity contribution in [3.05, 3.63) is 53.6 Å². The van der Waals surface area contributed by atoms with E-state index in [-0.39, 0.29) is 36.9 Å². The lowest BCUT2D eigenvalue weighted by atomic mass is 9.95. The maximum Gasteiger partial charge on any atom is 0.265 e. The number of benzene rings is 2. The monoisotopic (exact) mass is 464 g/mol. The van der Waals surface area contributed by atoms with Crippen LogP contribution in [0.15, 0.2) is 42.5 Å². The molecule has 1 N–H and O–H groups in total. The first-order chi connectivity index (χ1) is 16.5. The van der Waals surface area contributed by atoms with E-state index in [2.05, 4.69) is 5.32 Å². The van der Waals surface area contributed by atoms with Crippen LogP contribution >= 0.6 is 0 Å². The second kappa shape index (κ2) is 11.2. The maximum atomic E-state index is 12.8. The zero-order valence-electron chi connectivity index (χ0n) is 19.7. The van der Waals surface area contributed by atoms with Crippen molar-refractivity contribution in [3.8, 4) is 11.5 Å². The summed E-state index contributed by atoms with van der Waals surface area (Å²) in [6, 6.07) is 12.9. The Morgan fingerprint density at radius 1 is 1.12 bits per heavy atom. The van der Waals surface area contributed by atoms with Crippen LogP contribution in [0, 0.1) is 6.92 Å². The number of anilines is 1. The highest BCUT2D eigenvalue weighted by Gasteiger charge is 2.27. The van der Waals surface area contributed by atoms with Crippen molar-refractivity contribution >= 4 is 23.3 Å². The van der Waals surface area contributed by atoms with E-state index in [1.807, 2.05) is 31.2 Å². The summed E-state index contributed by atoms with van der Waals surface area (Å²) in [5, 5.41) is 3.12. The van der Waals surface area contributed by atoms with E-state index >= 15 is 0 Å². The number of Topliss-reactive ketones (excluding diaryl/α,β-unsaturated/α-hetero) is 1. The first-order valence-electron chi connectivity index (χ1n) is 12.1. The van der Waals surface area contributed by atoms with Gasteiger partial charge in [-0.2, -0.15) is 0 Å². The molecule has 1 saturated carbocycles. The molecule has 0 saturated heterocycles. The number of para-hydroxylation sites is 1. The average Bonchev–Trinajstić information content (AvgIpc) is 2.85. The molecule has 0 aromatic heterocycles. The summed E-state index contributed by atoms with van der Waals surface area (Å²) in [5.74, 6) is 0.894. The molecule has 1 aliphatic heterocycles. The topological polar surface area (TPSA) is 84.9 Å². The molecule has 1 fully saturated rings. The van der Waals surface area contributed by atoms with E-state index in [1.165, 1.54) is 19.3 Å². The summed E-state index contributed by atoms with van der Waals surface area (Å²) >= 11 is 0. The van der Waals surface area contributed by atoms with E-state index in [4.69, 9.17) is 9.47 Å². The fourth-order valence-electron chi connectivity index (χ4n) is 4.51. The van der Waals surface area contributed by atoms with Gasteiger partial charge in [0.15, 0.2) is 19.0 Å². The fourth-order valence-corrected chi connectivity index (χ4v) is 4.51. The molecule has 0 radical (unpaired) electrons. The van der Waals surface area contributed by atoms with Gasteiger partial charge in [0.1, 0.15) is 11.5 Å². The molecule has 7 nitrogen and oxygen atoms in total. The Kier molecular flexibility index (Phi) is 7.83. The van der Waals surface area contributed by atoms with Gasteiger partial charge in [0.05, 0.1) is 5.69 Å². The number of hydrogen-bond donors (Lipinski definition) is 1. The molecule has 2 aliphatic rings. The number of nitrogens with zero attached hydrogens (tertiary/aromatic N) is 1. The number of nitrogens with one attached hydrogen (secondary N) is 1. The van der Waals surface area contributed by atoms with Crippen molar-refractivity contribution in [2.45, 2.75) is 57.9 Å². The van der Waals surface area contributed by atoms with Crippen molar-refractivity contribution in [1.82, 2.24) is 5.32 Å². The minimum absolute atomic E-state index is 0.0325. The molecule has 2 aromatic carbocycles. The number of fused-ring (bicyclic) bond motifs is 1. The molecule has 180 valence electrons. The van der Waals surface area contributed by atoms with Crippen LogP contribution < -0.4 is 19.7 Å². The predicted molar refractivity (Wildman–Crippen MR) is 130 cm³/mol. The third kappa shape index (κ3) is 5.95. The number of hydrogen-bond acceptors (Lipinski definition) is 5. The lowest BCUT2D eigenvalue weighted by molar-refractivity contribution is -0.123. The summed E-state index contributed by atoms with van der Waals surface area (Å²) in [5.41, 5.74) is 1.97. The van der Waals surface area contributed by atoms with E-state index in [0.29, 0.717) is 42.1 Å². The summed E-state index contributed by atoms with van der Waals surface area (Å²) < 4.78 is 11.3. The second-order valence-electron chi connectivity index (χ2n) is 9.00. The minimum atomic E-state index is -0.184. The largest absolute Gasteiger partial charge is 0.485 e. The van der Waals surface area contributed by atoms with Crippen LogP contribution in [0.5, 0.6) is 11.5 Å². The molecule has 7 heteroatoms. The third-order valence-electron chi connectivity index (χ3n) is 6.43. The molecule has 2 aromatic rings. The molecule has 0 atom stereocenters. The van der Waals surface area contributed by atoms with Gasteiger partial charge in [-0.25, -0.2) is 0 Å². The maximum absolute atomic E-state index is 12.8. The first-order valence-corrected chi connectivity index (χ1v) is 12.1. The lowest BCUT2D eigenvalue weighted by Crippen LogP contribution is -2.40. The summed E-state index contributed by atoms with van der Waals surface area (Å²) in [6.45, 7) is 2.17. The molecule has 1 aliphatic carbocycles. The van der Waals surface area contributed by atoms with Crippen molar-refractivity contribution in [1.29, 1.82) is 0 Å². The standard InChI is InChI=1S/C27H32N2O5/c1-19-8-5-6-11-24(19)33-17-23(30)20-13-14-25-22(16-20)29(27(32)18-34-25)15-7-12-26(31)28-21-9-3-2-4-10-21/h5-6,8,11,13-14,16,21H,2-4,7,9-10,12,15,17-18H2,1H3,(H,28,31). The average molecular weight is 465 g/mol. The summed E-state index contributed by atoms with van der Waals surface area (Å²) in [4.78, 5) is 39.3. The number of ketones is 1. The smallest absolute Gasteiger partial charge is 0.265 e. The first kappa shape index (κ1) is 23.8. The van der Waals surface area contributed by atoms with Gasteiger partial charge in [-0.05, 0) is 56.0 Å². The molecule has 2 amide bonds. The van der Waals surface area contributed by atoms with Crippen molar-refractivity contribution in [3.63, 3.8) is 0 Å². The lowest BCUT2D eigenvalue weighted by Gasteiger charge is -2.30. The SMILES string of the molecule is Cc1ccccc1OCC(=O)c1ccc2c(c1)N(CCCC(=O)NC1CCCCC1)C(=O)CO2. The fraction of sp³-hybridized carbons (Fsp3) is 0.444. The van der Waals surface area contributed by atoms with Gasteiger partial charge in [-0.3, -0.25) is 14.4 Å². The highest BCUT2D eigenvalue weighted by atomic mass is 16.5. The zero-order valence-corrected chi connectivity index (χ0v) is 19.7. The number of ether oxygens (including phenoxy) is 2. The van der Waals surface area contributed by atoms with Gasteiger partial charge in [-0.1, -0.05) is 37.5 Å². The quantitative estimate of drug-likeness (QED) is 0.562. The van der Waals surface area contributed by atoms with E-state index < -0.39 is 0 Å². The summed E-state index contributed by atoms with van der Waals surface area (Å²) in [7, 11) is 0. The van der Waals surface area contributed by atoms with E-state index in [1.54, 1.807) is 23.1 Å². The number of rotatable bonds is 9. The van der Waals surface area contributed by atoms with Crippen molar-refractivity contribution < 1.29 is 23.9 Å². The van der Waals surface area contributed by atoms with Crippen LogP contribution in [0.1, 0.15) is 60.9 Å². The van der Waals surface area contributed by atoms with Gasteiger partial charge < -0.3 is 19.7 Å². The molecule has 34 heavy (non-hydrogen) atoms. The summed E-state index contributed by atoms with van der Waals surface area (Å²) in [6.07, 6.45) is 6.57. The van der Waals surface area contributed by atoms with Crippen LogP contribution in [0.4, 0.5) is 5.69 Å². The van der Waals surface area contributed by atoms with Crippen LogP contribution in [0.3, 0.4) is 0 Å². The number of aryl methyl sites for hydroxylation is 1. The number of amides is 2. The Morgan fingerprint density at radius 2 is 1.91 bits per heavy atom.